The van der Waals surface area contributed by atoms with Gasteiger partial charge in [-0.25, -0.2) is 14.2 Å². The zero-order valence-corrected chi connectivity index (χ0v) is 13.5. The number of hydrogen-bond acceptors (Lipinski definition) is 3. The molecule has 0 spiro atoms. The van der Waals surface area contributed by atoms with Crippen LogP contribution in [0.1, 0.15) is 17.5 Å². The highest BCUT2D eigenvalue weighted by Crippen LogP contribution is 2.17. The monoisotopic (exact) mass is 329 g/mol. The second-order valence-corrected chi connectivity index (χ2v) is 5.93. The first-order valence-electron chi connectivity index (χ1n) is 7.97. The van der Waals surface area contributed by atoms with E-state index in [1.165, 1.54) is 12.1 Å². The lowest BCUT2D eigenvalue weighted by Crippen LogP contribution is -2.39. The normalized spacial score (nSPS) is 16.9. The van der Waals surface area contributed by atoms with Crippen molar-refractivity contribution in [2.24, 2.45) is 0 Å². The van der Waals surface area contributed by atoms with Crippen molar-refractivity contribution in [1.82, 2.24) is 15.2 Å². The Kier molecular flexibility index (Phi) is 4.93. The van der Waals surface area contributed by atoms with Crippen LogP contribution in [-0.4, -0.2) is 35.1 Å². The fourth-order valence-electron chi connectivity index (χ4n) is 2.60. The second kappa shape index (κ2) is 7.29. The van der Waals surface area contributed by atoms with Crippen molar-refractivity contribution in [2.75, 3.05) is 13.1 Å². The SMILES string of the molecule is Cc1ccc(O[C@@H]2CCN(C(=O)NCc3ccc(F)cc3)C2)nc1. The molecule has 1 atom stereocenters. The molecule has 1 aromatic heterocycles. The first-order valence-corrected chi connectivity index (χ1v) is 7.97. The Morgan fingerprint density at radius 2 is 2.12 bits per heavy atom. The van der Waals surface area contributed by atoms with Gasteiger partial charge < -0.3 is 15.0 Å². The number of ether oxygens (including phenoxy) is 1. The smallest absolute Gasteiger partial charge is 0.317 e. The van der Waals surface area contributed by atoms with Crippen molar-refractivity contribution in [3.8, 4) is 5.88 Å². The lowest BCUT2D eigenvalue weighted by atomic mass is 10.2. The summed E-state index contributed by atoms with van der Waals surface area (Å²) in [6.07, 6.45) is 2.49. The van der Waals surface area contributed by atoms with Gasteiger partial charge in [-0.05, 0) is 30.2 Å². The highest BCUT2D eigenvalue weighted by atomic mass is 19.1. The number of amides is 2. The van der Waals surface area contributed by atoms with Gasteiger partial charge in [-0.1, -0.05) is 18.2 Å². The molecule has 2 amide bonds. The maximum atomic E-state index is 12.9. The molecule has 5 nitrogen and oxygen atoms in total. The molecular weight excluding hydrogens is 309 g/mol. The molecule has 2 heterocycles. The summed E-state index contributed by atoms with van der Waals surface area (Å²) in [6, 6.07) is 9.74. The number of urea groups is 1. The third kappa shape index (κ3) is 4.22. The Hall–Kier alpha value is -2.63. The number of carbonyl (C=O) groups is 1. The Morgan fingerprint density at radius 3 is 2.83 bits per heavy atom. The summed E-state index contributed by atoms with van der Waals surface area (Å²) in [4.78, 5) is 18.1. The molecule has 0 unspecified atom stereocenters. The summed E-state index contributed by atoms with van der Waals surface area (Å²) >= 11 is 0. The van der Waals surface area contributed by atoms with Crippen LogP contribution in [0.3, 0.4) is 0 Å². The zero-order chi connectivity index (χ0) is 16.9. The Morgan fingerprint density at radius 1 is 1.33 bits per heavy atom. The number of pyridine rings is 1. The van der Waals surface area contributed by atoms with E-state index in [1.807, 2.05) is 19.1 Å². The molecule has 0 bridgehead atoms. The van der Waals surface area contributed by atoms with Crippen molar-refractivity contribution in [2.45, 2.75) is 26.0 Å². The molecule has 1 N–H and O–H groups in total. The molecule has 6 heteroatoms. The van der Waals surface area contributed by atoms with E-state index < -0.39 is 0 Å². The predicted octanol–water partition coefficient (Wildman–Crippen LogP) is 2.89. The largest absolute Gasteiger partial charge is 0.472 e. The molecule has 1 saturated heterocycles. The minimum atomic E-state index is -0.283. The molecule has 3 rings (SSSR count). The van der Waals surface area contributed by atoms with E-state index >= 15 is 0 Å². The van der Waals surface area contributed by atoms with Gasteiger partial charge in [-0.3, -0.25) is 0 Å². The van der Waals surface area contributed by atoms with Crippen LogP contribution in [0, 0.1) is 12.7 Å². The molecule has 0 radical (unpaired) electrons. The molecule has 1 aliphatic heterocycles. The topological polar surface area (TPSA) is 54.5 Å². The minimum absolute atomic E-state index is 0.0447. The van der Waals surface area contributed by atoms with Gasteiger partial charge in [0.2, 0.25) is 5.88 Å². The molecule has 0 aliphatic carbocycles. The minimum Gasteiger partial charge on any atom is -0.472 e. The van der Waals surface area contributed by atoms with Crippen LogP contribution in [0.15, 0.2) is 42.6 Å². The number of carbonyl (C=O) groups excluding carboxylic acids is 1. The van der Waals surface area contributed by atoms with Crippen LogP contribution in [0.4, 0.5) is 9.18 Å². The number of likely N-dealkylation sites (tertiary alicyclic amines) is 1. The highest BCUT2D eigenvalue weighted by molar-refractivity contribution is 5.74. The summed E-state index contributed by atoms with van der Waals surface area (Å²) < 4.78 is 18.7. The second-order valence-electron chi connectivity index (χ2n) is 5.93. The van der Waals surface area contributed by atoms with Gasteiger partial charge in [-0.2, -0.15) is 0 Å². The number of benzene rings is 1. The highest BCUT2D eigenvalue weighted by Gasteiger charge is 2.27. The van der Waals surface area contributed by atoms with Crippen molar-refractivity contribution in [3.63, 3.8) is 0 Å². The van der Waals surface area contributed by atoms with Gasteiger partial charge in [0.1, 0.15) is 11.9 Å². The quantitative estimate of drug-likeness (QED) is 0.938. The number of halogens is 1. The third-order valence-corrected chi connectivity index (χ3v) is 3.96. The van der Waals surface area contributed by atoms with Gasteiger partial charge in [0, 0.05) is 31.8 Å². The molecule has 1 aromatic carbocycles. The maximum Gasteiger partial charge on any atom is 0.317 e. The summed E-state index contributed by atoms with van der Waals surface area (Å²) in [7, 11) is 0. The van der Waals surface area contributed by atoms with Gasteiger partial charge in [-0.15, -0.1) is 0 Å². The molecule has 1 aliphatic rings. The summed E-state index contributed by atoms with van der Waals surface area (Å²) in [5, 5.41) is 2.85. The molecule has 126 valence electrons. The van der Waals surface area contributed by atoms with E-state index in [1.54, 1.807) is 23.2 Å². The summed E-state index contributed by atoms with van der Waals surface area (Å²) in [6.45, 7) is 3.52. The van der Waals surface area contributed by atoms with Crippen molar-refractivity contribution < 1.29 is 13.9 Å². The zero-order valence-electron chi connectivity index (χ0n) is 13.5. The van der Waals surface area contributed by atoms with Crippen molar-refractivity contribution >= 4 is 6.03 Å². The van der Waals surface area contributed by atoms with Crippen LogP contribution in [0.25, 0.3) is 0 Å². The van der Waals surface area contributed by atoms with Crippen LogP contribution < -0.4 is 10.1 Å². The number of aryl methyl sites for hydroxylation is 1. The first-order chi connectivity index (χ1) is 11.6. The number of rotatable bonds is 4. The van der Waals surface area contributed by atoms with Crippen molar-refractivity contribution in [1.29, 1.82) is 0 Å². The van der Waals surface area contributed by atoms with Gasteiger partial charge >= 0.3 is 6.03 Å². The summed E-state index contributed by atoms with van der Waals surface area (Å²) in [5.74, 6) is 0.300. The molecule has 2 aromatic rings. The Labute approximate surface area is 140 Å². The number of nitrogens with zero attached hydrogens (tertiary/aromatic N) is 2. The van der Waals surface area contributed by atoms with Crippen molar-refractivity contribution in [3.05, 3.63) is 59.5 Å². The van der Waals surface area contributed by atoms with Crippen LogP contribution in [-0.2, 0) is 6.54 Å². The third-order valence-electron chi connectivity index (χ3n) is 3.96. The summed E-state index contributed by atoms with van der Waals surface area (Å²) in [5.41, 5.74) is 1.94. The predicted molar refractivity (Wildman–Crippen MR) is 88.2 cm³/mol. The average Bonchev–Trinajstić information content (AvgIpc) is 3.05. The van der Waals surface area contributed by atoms with Gasteiger partial charge in [0.25, 0.3) is 0 Å². The van der Waals surface area contributed by atoms with Crippen LogP contribution >= 0.6 is 0 Å². The van der Waals surface area contributed by atoms with E-state index in [2.05, 4.69) is 10.3 Å². The van der Waals surface area contributed by atoms with E-state index in [-0.39, 0.29) is 18.0 Å². The van der Waals surface area contributed by atoms with Gasteiger partial charge in [0.15, 0.2) is 0 Å². The lowest BCUT2D eigenvalue weighted by Gasteiger charge is -2.17. The Balaban J connectivity index is 1.46. The molecule has 1 fully saturated rings. The van der Waals surface area contributed by atoms with Gasteiger partial charge in [0.05, 0.1) is 6.54 Å². The molecular formula is C18H20FN3O2. The maximum absolute atomic E-state index is 12.9. The van der Waals surface area contributed by atoms with Crippen LogP contribution in [0.2, 0.25) is 0 Å². The van der Waals surface area contributed by atoms with E-state index in [9.17, 15) is 9.18 Å². The standard InChI is InChI=1S/C18H20FN3O2/c1-13-2-7-17(20-10-13)24-16-8-9-22(12-16)18(23)21-11-14-3-5-15(19)6-4-14/h2-7,10,16H,8-9,11-12H2,1H3,(H,21,23)/t16-/m1/s1. The lowest BCUT2D eigenvalue weighted by molar-refractivity contribution is 0.183. The Bertz CT molecular complexity index is 688. The number of nitrogens with one attached hydrogen (secondary N) is 1. The fourth-order valence-corrected chi connectivity index (χ4v) is 2.60. The number of aromatic nitrogens is 1. The molecule has 0 saturated carbocycles. The first kappa shape index (κ1) is 16.2. The number of hydrogen-bond donors (Lipinski definition) is 1. The van der Waals surface area contributed by atoms with Crippen LogP contribution in [0.5, 0.6) is 5.88 Å². The van der Waals surface area contributed by atoms with E-state index in [4.69, 9.17) is 4.74 Å². The molecule has 24 heavy (non-hydrogen) atoms. The van der Waals surface area contributed by atoms with E-state index in [0.29, 0.717) is 25.5 Å². The average molecular weight is 329 g/mol. The fraction of sp³-hybridized carbons (Fsp3) is 0.333. The van der Waals surface area contributed by atoms with E-state index in [0.717, 1.165) is 17.5 Å².